The first-order valence-electron chi connectivity index (χ1n) is 6.44. The number of hydrogen-bond acceptors (Lipinski definition) is 1. The predicted octanol–water partition coefficient (Wildman–Crippen LogP) is 5.53. The number of carboxylic acids is 1. The largest absolute Gasteiger partial charge is 3.00 e. The van der Waals surface area contributed by atoms with E-state index >= 15 is 0 Å². The standard InChI is InChI=1S/C10H15.C7H5FO2.2CH3.Ti/c1-7-6-10(4,5)9(3)8(7)2;8-6-3-1-5(2-4-6)7(9)10;;;/h1-5H3;1-4H,(H,9,10);2*1H3;/q-1;;2*-1;+3. The van der Waals surface area contributed by atoms with Gasteiger partial charge in [-0.3, -0.25) is 6.08 Å². The fraction of sp³-hybridized carbons (Fsp3) is 0.316. The third-order valence-electron chi connectivity index (χ3n) is 3.65. The molecule has 0 unspecified atom stereocenters. The van der Waals surface area contributed by atoms with Crippen LogP contribution in [0, 0.1) is 32.2 Å². The van der Waals surface area contributed by atoms with Gasteiger partial charge in [-0.25, -0.2) is 14.8 Å². The molecule has 1 aliphatic rings. The van der Waals surface area contributed by atoms with E-state index in [4.69, 9.17) is 5.11 Å². The molecule has 23 heavy (non-hydrogen) atoms. The van der Waals surface area contributed by atoms with E-state index in [0.29, 0.717) is 0 Å². The minimum atomic E-state index is -1.04. The summed E-state index contributed by atoms with van der Waals surface area (Å²) in [6.45, 7) is 10.9. The molecule has 0 heterocycles. The average molecular weight is 353 g/mol. The van der Waals surface area contributed by atoms with Crippen LogP contribution in [0.2, 0.25) is 0 Å². The number of aromatic carboxylic acids is 1. The molecular formula is C19H26FO2Ti. The summed E-state index contributed by atoms with van der Waals surface area (Å²) in [4.78, 5) is 10.2. The fourth-order valence-corrected chi connectivity index (χ4v) is 2.00. The van der Waals surface area contributed by atoms with Crippen LogP contribution in [0.5, 0.6) is 0 Å². The fourth-order valence-electron chi connectivity index (χ4n) is 2.00. The van der Waals surface area contributed by atoms with Gasteiger partial charge in [0.1, 0.15) is 5.82 Å². The molecule has 4 heteroatoms. The number of carbonyl (C=O) groups is 1. The molecule has 2 nitrogen and oxygen atoms in total. The van der Waals surface area contributed by atoms with Crippen molar-refractivity contribution in [3.8, 4) is 0 Å². The molecule has 0 spiro atoms. The van der Waals surface area contributed by atoms with Crippen molar-refractivity contribution in [3.05, 3.63) is 73.3 Å². The summed E-state index contributed by atoms with van der Waals surface area (Å²) in [5.74, 6) is -1.47. The van der Waals surface area contributed by atoms with E-state index in [-0.39, 0.29) is 47.5 Å². The van der Waals surface area contributed by atoms with Crippen LogP contribution in [0.15, 0.2) is 41.0 Å². The topological polar surface area (TPSA) is 37.3 Å². The Bertz CT molecular complexity index is 570. The quantitative estimate of drug-likeness (QED) is 0.532. The molecule has 0 atom stereocenters. The summed E-state index contributed by atoms with van der Waals surface area (Å²) in [6.07, 6.45) is 3.44. The zero-order valence-corrected chi connectivity index (χ0v) is 16.6. The number of rotatable bonds is 1. The van der Waals surface area contributed by atoms with Crippen molar-refractivity contribution < 1.29 is 36.0 Å². The van der Waals surface area contributed by atoms with Crippen LogP contribution in [-0.2, 0) is 21.7 Å². The van der Waals surface area contributed by atoms with E-state index < -0.39 is 11.8 Å². The molecule has 1 radical (unpaired) electrons. The molecule has 0 aliphatic heterocycles. The minimum Gasteiger partial charge on any atom is -0.478 e. The smallest absolute Gasteiger partial charge is 0.478 e. The maximum absolute atomic E-state index is 12.2. The minimum absolute atomic E-state index is 0. The predicted molar refractivity (Wildman–Crippen MR) is 90.8 cm³/mol. The number of hydrogen-bond donors (Lipinski definition) is 1. The normalized spacial score (nSPS) is 14.3. The van der Waals surface area contributed by atoms with Gasteiger partial charge in [0.05, 0.1) is 5.56 Å². The van der Waals surface area contributed by atoms with Crippen LogP contribution in [0.1, 0.15) is 45.0 Å². The second kappa shape index (κ2) is 10.6. The van der Waals surface area contributed by atoms with Gasteiger partial charge in [0.25, 0.3) is 0 Å². The van der Waals surface area contributed by atoms with Gasteiger partial charge in [0, 0.05) is 0 Å². The molecule has 1 aromatic rings. The first-order chi connectivity index (χ1) is 9.15. The number of allylic oxidation sites excluding steroid dienone is 4. The Balaban J connectivity index is -0.000000308. The summed E-state index contributed by atoms with van der Waals surface area (Å²) in [5.41, 5.74) is 4.49. The molecule has 125 valence electrons. The zero-order chi connectivity index (χ0) is 15.5. The summed E-state index contributed by atoms with van der Waals surface area (Å²) < 4.78 is 12.2. The Labute approximate surface area is 155 Å². The first kappa shape index (κ1) is 26.7. The molecule has 0 aromatic heterocycles. The van der Waals surface area contributed by atoms with Crippen LogP contribution < -0.4 is 0 Å². The van der Waals surface area contributed by atoms with Crippen molar-refractivity contribution in [2.45, 2.75) is 34.6 Å². The maximum atomic E-state index is 12.2. The monoisotopic (exact) mass is 353 g/mol. The van der Waals surface area contributed by atoms with Gasteiger partial charge in [0.2, 0.25) is 0 Å². The number of benzene rings is 1. The molecule has 0 fully saturated rings. The van der Waals surface area contributed by atoms with E-state index in [1.165, 1.54) is 28.9 Å². The van der Waals surface area contributed by atoms with Crippen molar-refractivity contribution in [1.29, 1.82) is 0 Å². The van der Waals surface area contributed by atoms with Crippen molar-refractivity contribution >= 4 is 5.97 Å². The summed E-state index contributed by atoms with van der Waals surface area (Å²) in [6, 6.07) is 4.67. The molecule has 1 N–H and O–H groups in total. The Morgan fingerprint density at radius 2 is 1.52 bits per heavy atom. The van der Waals surface area contributed by atoms with E-state index in [9.17, 15) is 9.18 Å². The van der Waals surface area contributed by atoms with Gasteiger partial charge >= 0.3 is 27.7 Å². The number of halogens is 1. The van der Waals surface area contributed by atoms with Crippen molar-refractivity contribution in [3.63, 3.8) is 0 Å². The Kier molecular flexibility index (Phi) is 12.3. The van der Waals surface area contributed by atoms with Gasteiger partial charge < -0.3 is 20.0 Å². The molecule has 0 bridgehead atoms. The molecule has 0 saturated heterocycles. The summed E-state index contributed by atoms with van der Waals surface area (Å²) in [7, 11) is 0. The Morgan fingerprint density at radius 3 is 1.74 bits per heavy atom. The molecule has 0 amide bonds. The average Bonchev–Trinajstić information content (AvgIpc) is 2.53. The van der Waals surface area contributed by atoms with E-state index in [1.807, 2.05) is 0 Å². The van der Waals surface area contributed by atoms with Crippen LogP contribution >= 0.6 is 0 Å². The SMILES string of the molecule is CC1=[C-]C(C)(C)C(C)=C1C.O=C(O)c1ccc(F)cc1.[CH3-].[CH3-].[Ti+3]. The third kappa shape index (κ3) is 7.28. The second-order valence-corrected chi connectivity index (χ2v) is 5.44. The van der Waals surface area contributed by atoms with E-state index in [1.54, 1.807) is 0 Å². The molecular weight excluding hydrogens is 327 g/mol. The van der Waals surface area contributed by atoms with Crippen LogP contribution in [-0.4, -0.2) is 11.1 Å². The van der Waals surface area contributed by atoms with Gasteiger partial charge in [-0.2, -0.15) is 11.1 Å². The second-order valence-electron chi connectivity index (χ2n) is 5.44. The molecule has 2 rings (SSSR count). The van der Waals surface area contributed by atoms with Gasteiger partial charge in [-0.15, -0.1) is 6.92 Å². The van der Waals surface area contributed by atoms with Gasteiger partial charge in [-0.1, -0.05) is 33.1 Å². The first-order valence-corrected chi connectivity index (χ1v) is 6.44. The maximum Gasteiger partial charge on any atom is 3.00 e. The van der Waals surface area contributed by atoms with E-state index in [2.05, 4.69) is 40.7 Å². The van der Waals surface area contributed by atoms with Crippen molar-refractivity contribution in [2.24, 2.45) is 5.41 Å². The van der Waals surface area contributed by atoms with Gasteiger partial charge in [0.15, 0.2) is 0 Å². The summed E-state index contributed by atoms with van der Waals surface area (Å²) in [5, 5.41) is 8.35. The summed E-state index contributed by atoms with van der Waals surface area (Å²) >= 11 is 0. The van der Waals surface area contributed by atoms with Crippen LogP contribution in [0.4, 0.5) is 4.39 Å². The van der Waals surface area contributed by atoms with Crippen molar-refractivity contribution in [1.82, 2.24) is 0 Å². The van der Waals surface area contributed by atoms with Crippen LogP contribution in [0.3, 0.4) is 0 Å². The van der Waals surface area contributed by atoms with E-state index in [0.717, 1.165) is 12.1 Å². The Morgan fingerprint density at radius 1 is 1.09 bits per heavy atom. The Hall–Kier alpha value is -1.19. The van der Waals surface area contributed by atoms with Crippen molar-refractivity contribution in [2.75, 3.05) is 0 Å². The molecule has 0 saturated carbocycles. The third-order valence-corrected chi connectivity index (χ3v) is 3.65. The molecule has 1 aliphatic carbocycles. The van der Waals surface area contributed by atoms with Crippen LogP contribution in [0.25, 0.3) is 0 Å². The molecule has 1 aromatic carbocycles. The number of carboxylic acid groups (broad SMARTS) is 1. The zero-order valence-electron chi connectivity index (χ0n) is 15.0. The van der Waals surface area contributed by atoms with Gasteiger partial charge in [-0.05, 0) is 24.3 Å².